The van der Waals surface area contributed by atoms with Gasteiger partial charge in [-0.15, -0.1) is 0 Å². The van der Waals surface area contributed by atoms with Gasteiger partial charge in [0.15, 0.2) is 0 Å². The van der Waals surface area contributed by atoms with Crippen molar-refractivity contribution in [3.8, 4) is 0 Å². The lowest BCUT2D eigenvalue weighted by atomic mass is 10.0. The van der Waals surface area contributed by atoms with E-state index in [9.17, 15) is 5.11 Å². The monoisotopic (exact) mass is 283 g/mol. The van der Waals surface area contributed by atoms with Crippen LogP contribution >= 0.6 is 0 Å². The van der Waals surface area contributed by atoms with E-state index < -0.39 is 0 Å². The van der Waals surface area contributed by atoms with E-state index in [-0.39, 0.29) is 12.1 Å². The Morgan fingerprint density at radius 3 is 2.50 bits per heavy atom. The summed E-state index contributed by atoms with van der Waals surface area (Å²) in [5.41, 5.74) is -0.176. The SMILES string of the molecule is CC(C)NC(C)(CO)CN1CCC(N2CCCCC2)C1. The minimum Gasteiger partial charge on any atom is -0.394 e. The minimum atomic E-state index is -0.176. The Balaban J connectivity index is 1.82. The first-order chi connectivity index (χ1) is 9.52. The van der Waals surface area contributed by atoms with E-state index in [1.165, 1.54) is 51.9 Å². The average Bonchev–Trinajstić information content (AvgIpc) is 2.87. The van der Waals surface area contributed by atoms with Gasteiger partial charge in [-0.1, -0.05) is 20.3 Å². The fraction of sp³-hybridized carbons (Fsp3) is 1.00. The molecule has 2 rings (SSSR count). The molecule has 2 atom stereocenters. The Hall–Kier alpha value is -0.160. The van der Waals surface area contributed by atoms with Crippen molar-refractivity contribution in [2.45, 2.75) is 64.1 Å². The summed E-state index contributed by atoms with van der Waals surface area (Å²) in [6.07, 6.45) is 5.45. The largest absolute Gasteiger partial charge is 0.394 e. The van der Waals surface area contributed by atoms with Crippen molar-refractivity contribution < 1.29 is 5.11 Å². The van der Waals surface area contributed by atoms with Crippen molar-refractivity contribution in [3.63, 3.8) is 0 Å². The Morgan fingerprint density at radius 1 is 1.20 bits per heavy atom. The van der Waals surface area contributed by atoms with Crippen LogP contribution in [0.3, 0.4) is 0 Å². The molecule has 0 spiro atoms. The predicted molar refractivity (Wildman–Crippen MR) is 84.0 cm³/mol. The second-order valence-corrected chi connectivity index (χ2v) is 7.29. The van der Waals surface area contributed by atoms with Gasteiger partial charge in [-0.25, -0.2) is 0 Å². The van der Waals surface area contributed by atoms with Gasteiger partial charge in [-0.2, -0.15) is 0 Å². The molecule has 0 bridgehead atoms. The summed E-state index contributed by atoms with van der Waals surface area (Å²) >= 11 is 0. The number of hydrogen-bond donors (Lipinski definition) is 2. The zero-order chi connectivity index (χ0) is 14.6. The molecule has 0 aromatic rings. The number of nitrogens with zero attached hydrogens (tertiary/aromatic N) is 2. The molecule has 2 N–H and O–H groups in total. The summed E-state index contributed by atoms with van der Waals surface area (Å²) in [5.74, 6) is 0. The maximum Gasteiger partial charge on any atom is 0.0623 e. The number of rotatable bonds is 6. The van der Waals surface area contributed by atoms with Gasteiger partial charge in [-0.05, 0) is 45.8 Å². The molecule has 2 heterocycles. The molecular weight excluding hydrogens is 250 g/mol. The third kappa shape index (κ3) is 4.42. The third-order valence-corrected chi connectivity index (χ3v) is 4.71. The molecule has 0 aliphatic carbocycles. The molecule has 0 radical (unpaired) electrons. The molecule has 2 fully saturated rings. The van der Waals surface area contributed by atoms with Crippen LogP contribution in [0.15, 0.2) is 0 Å². The van der Waals surface area contributed by atoms with Crippen LogP contribution in [0.1, 0.15) is 46.5 Å². The molecular formula is C16H33N3O. The lowest BCUT2D eigenvalue weighted by molar-refractivity contribution is 0.114. The van der Waals surface area contributed by atoms with Gasteiger partial charge < -0.3 is 10.4 Å². The summed E-state index contributed by atoms with van der Waals surface area (Å²) < 4.78 is 0. The molecule has 0 amide bonds. The minimum absolute atomic E-state index is 0.176. The lowest BCUT2D eigenvalue weighted by Crippen LogP contribution is -2.56. The van der Waals surface area contributed by atoms with E-state index in [2.05, 4.69) is 35.9 Å². The maximum atomic E-state index is 9.71. The highest BCUT2D eigenvalue weighted by molar-refractivity contribution is 4.92. The first kappa shape index (κ1) is 16.2. The molecule has 2 saturated heterocycles. The van der Waals surface area contributed by atoms with Gasteiger partial charge in [0.1, 0.15) is 0 Å². The van der Waals surface area contributed by atoms with Gasteiger partial charge in [0, 0.05) is 25.2 Å². The zero-order valence-electron chi connectivity index (χ0n) is 13.6. The Morgan fingerprint density at radius 2 is 1.90 bits per heavy atom. The van der Waals surface area contributed by atoms with Crippen LogP contribution in [-0.2, 0) is 0 Å². The van der Waals surface area contributed by atoms with E-state index in [1.54, 1.807) is 0 Å². The molecule has 118 valence electrons. The Labute approximate surface area is 124 Å². The molecule has 2 aliphatic heterocycles. The number of aliphatic hydroxyl groups is 1. The Bertz CT molecular complexity index is 291. The summed E-state index contributed by atoms with van der Waals surface area (Å²) in [6, 6.07) is 1.16. The van der Waals surface area contributed by atoms with Crippen molar-refractivity contribution in [3.05, 3.63) is 0 Å². The van der Waals surface area contributed by atoms with Crippen LogP contribution in [-0.4, -0.2) is 71.9 Å². The van der Waals surface area contributed by atoms with Gasteiger partial charge in [0.05, 0.1) is 12.1 Å². The second kappa shape index (κ2) is 7.21. The molecule has 4 heteroatoms. The van der Waals surface area contributed by atoms with E-state index in [0.717, 1.165) is 12.6 Å². The summed E-state index contributed by atoms with van der Waals surface area (Å²) in [6.45, 7) is 12.5. The highest BCUT2D eigenvalue weighted by Gasteiger charge is 2.33. The molecule has 20 heavy (non-hydrogen) atoms. The standard InChI is InChI=1S/C16H33N3O/c1-14(2)17-16(3,13-20)12-18-10-7-15(11-18)19-8-5-4-6-9-19/h14-15,17,20H,4-13H2,1-3H3. The third-order valence-electron chi connectivity index (χ3n) is 4.71. The van der Waals surface area contributed by atoms with Crippen LogP contribution in [0.4, 0.5) is 0 Å². The zero-order valence-corrected chi connectivity index (χ0v) is 13.6. The molecule has 0 saturated carbocycles. The highest BCUT2D eigenvalue weighted by Crippen LogP contribution is 2.21. The van der Waals surface area contributed by atoms with E-state index in [4.69, 9.17) is 0 Å². The first-order valence-corrected chi connectivity index (χ1v) is 8.37. The fourth-order valence-corrected chi connectivity index (χ4v) is 3.87. The predicted octanol–water partition coefficient (Wildman–Crippen LogP) is 1.30. The van der Waals surface area contributed by atoms with Crippen molar-refractivity contribution in [1.82, 2.24) is 15.1 Å². The van der Waals surface area contributed by atoms with E-state index in [0.29, 0.717) is 6.04 Å². The van der Waals surface area contributed by atoms with Crippen LogP contribution in [0.25, 0.3) is 0 Å². The van der Waals surface area contributed by atoms with Gasteiger partial charge >= 0.3 is 0 Å². The molecule has 2 unspecified atom stereocenters. The Kier molecular flexibility index (Phi) is 5.84. The van der Waals surface area contributed by atoms with E-state index in [1.807, 2.05) is 0 Å². The summed E-state index contributed by atoms with van der Waals surface area (Å²) in [7, 11) is 0. The first-order valence-electron chi connectivity index (χ1n) is 8.37. The average molecular weight is 283 g/mol. The smallest absolute Gasteiger partial charge is 0.0623 e. The van der Waals surface area contributed by atoms with Crippen LogP contribution in [0.5, 0.6) is 0 Å². The number of piperidine rings is 1. The highest BCUT2D eigenvalue weighted by atomic mass is 16.3. The molecule has 0 aromatic carbocycles. The van der Waals surface area contributed by atoms with Gasteiger partial charge in [-0.3, -0.25) is 9.80 Å². The van der Waals surface area contributed by atoms with Crippen molar-refractivity contribution in [2.24, 2.45) is 0 Å². The van der Waals surface area contributed by atoms with Gasteiger partial charge in [0.2, 0.25) is 0 Å². The topological polar surface area (TPSA) is 38.7 Å². The van der Waals surface area contributed by atoms with E-state index >= 15 is 0 Å². The number of aliphatic hydroxyl groups excluding tert-OH is 1. The normalized spacial score (nSPS) is 28.9. The van der Waals surface area contributed by atoms with Crippen LogP contribution in [0.2, 0.25) is 0 Å². The lowest BCUT2D eigenvalue weighted by Gasteiger charge is -2.36. The van der Waals surface area contributed by atoms with Crippen LogP contribution < -0.4 is 5.32 Å². The van der Waals surface area contributed by atoms with Crippen molar-refractivity contribution >= 4 is 0 Å². The van der Waals surface area contributed by atoms with Crippen LogP contribution in [0, 0.1) is 0 Å². The molecule has 4 nitrogen and oxygen atoms in total. The van der Waals surface area contributed by atoms with Crippen molar-refractivity contribution in [1.29, 1.82) is 0 Å². The number of hydrogen-bond acceptors (Lipinski definition) is 4. The quantitative estimate of drug-likeness (QED) is 0.771. The molecule has 2 aliphatic rings. The van der Waals surface area contributed by atoms with Crippen molar-refractivity contribution in [2.75, 3.05) is 39.3 Å². The molecule has 0 aromatic heterocycles. The summed E-state index contributed by atoms with van der Waals surface area (Å²) in [5, 5.41) is 13.2. The maximum absolute atomic E-state index is 9.71. The summed E-state index contributed by atoms with van der Waals surface area (Å²) in [4.78, 5) is 5.22. The fourth-order valence-electron chi connectivity index (χ4n) is 3.87. The van der Waals surface area contributed by atoms with Gasteiger partial charge in [0.25, 0.3) is 0 Å². The number of nitrogens with one attached hydrogen (secondary N) is 1. The number of likely N-dealkylation sites (tertiary alicyclic amines) is 2. The second-order valence-electron chi connectivity index (χ2n) is 7.29.